The maximum Gasteiger partial charge on any atom is 0.254 e. The summed E-state index contributed by atoms with van der Waals surface area (Å²) >= 11 is 0. The van der Waals surface area contributed by atoms with Gasteiger partial charge in [-0.1, -0.05) is 30.9 Å². The minimum Gasteiger partial charge on any atom is -0.388 e. The highest BCUT2D eigenvalue weighted by molar-refractivity contribution is 6.14. The highest BCUT2D eigenvalue weighted by atomic mass is 16.5. The van der Waals surface area contributed by atoms with E-state index in [1.807, 2.05) is 12.1 Å². The summed E-state index contributed by atoms with van der Waals surface area (Å²) in [6.45, 7) is 4.47. The molecule has 3 rings (SSSR count). The summed E-state index contributed by atoms with van der Waals surface area (Å²) in [6.07, 6.45) is 3.35. The lowest BCUT2D eigenvalue weighted by Crippen LogP contribution is -2.62. The lowest BCUT2D eigenvalue weighted by atomic mass is 9.83. The van der Waals surface area contributed by atoms with Crippen molar-refractivity contribution in [2.75, 3.05) is 33.9 Å². The fraction of sp³-hybridized carbons (Fsp3) is 0.414. The van der Waals surface area contributed by atoms with Crippen LogP contribution in [0.3, 0.4) is 0 Å². The summed E-state index contributed by atoms with van der Waals surface area (Å²) in [5.41, 5.74) is 1.75. The Bertz CT molecular complexity index is 1140. The normalized spacial score (nSPS) is 15.5. The van der Waals surface area contributed by atoms with Crippen LogP contribution in [0.15, 0.2) is 48.5 Å². The molecule has 1 aliphatic rings. The Morgan fingerprint density at radius 1 is 1.06 bits per heavy atom. The minimum atomic E-state index is -1.82. The summed E-state index contributed by atoms with van der Waals surface area (Å²) in [4.78, 5) is 38.7. The number of amides is 2. The van der Waals surface area contributed by atoms with Crippen molar-refractivity contribution in [1.29, 1.82) is 0 Å². The van der Waals surface area contributed by atoms with E-state index in [0.717, 1.165) is 42.1 Å². The second kappa shape index (κ2) is 11.5. The zero-order valence-electron chi connectivity index (χ0n) is 21.4. The maximum absolute atomic E-state index is 13.0. The summed E-state index contributed by atoms with van der Waals surface area (Å²) in [5.74, 6) is 4.28. The van der Waals surface area contributed by atoms with Crippen LogP contribution in [0, 0.1) is 17.3 Å². The molecule has 0 unspecified atom stereocenters. The fourth-order valence-corrected chi connectivity index (χ4v) is 4.17. The van der Waals surface area contributed by atoms with E-state index in [0.29, 0.717) is 11.0 Å². The lowest BCUT2D eigenvalue weighted by Gasteiger charge is -2.38. The molecule has 0 bridgehead atoms. The highest BCUT2D eigenvalue weighted by Gasteiger charge is 2.46. The number of hydrogen-bond acceptors (Lipinski definition) is 5. The van der Waals surface area contributed by atoms with Gasteiger partial charge in [0.15, 0.2) is 11.3 Å². The van der Waals surface area contributed by atoms with Crippen molar-refractivity contribution in [2.45, 2.75) is 38.6 Å². The van der Waals surface area contributed by atoms with E-state index in [4.69, 9.17) is 4.74 Å². The molecular formula is C29H34N2O5. The Kier molecular flexibility index (Phi) is 8.67. The van der Waals surface area contributed by atoms with Crippen LogP contribution in [0.1, 0.15) is 53.7 Å². The van der Waals surface area contributed by atoms with Crippen LogP contribution in [-0.2, 0) is 20.7 Å². The third-order valence-corrected chi connectivity index (χ3v) is 6.92. The molecule has 1 atom stereocenters. The number of Topliss-reactive ketones (excluding diaryl/α,β-unsaturated/α-hetero) is 1. The highest BCUT2D eigenvalue weighted by Crippen LogP contribution is 2.32. The van der Waals surface area contributed by atoms with Crippen LogP contribution >= 0.6 is 0 Å². The van der Waals surface area contributed by atoms with Crippen molar-refractivity contribution in [3.63, 3.8) is 0 Å². The second-order valence-electron chi connectivity index (χ2n) is 9.78. The van der Waals surface area contributed by atoms with Crippen molar-refractivity contribution in [3.05, 3.63) is 70.8 Å². The van der Waals surface area contributed by atoms with Gasteiger partial charge in [-0.3, -0.25) is 14.4 Å². The zero-order valence-corrected chi connectivity index (χ0v) is 21.4. The number of likely N-dealkylation sites (N-methyl/N-ethyl adjacent to an activating group) is 2. The van der Waals surface area contributed by atoms with Gasteiger partial charge in [-0.25, -0.2) is 0 Å². The molecule has 0 spiro atoms. The molecule has 0 radical (unpaired) electrons. The third-order valence-electron chi connectivity index (χ3n) is 6.92. The summed E-state index contributed by atoms with van der Waals surface area (Å²) in [5, 5.41) is 11.7. The molecule has 2 N–H and O–H groups in total. The predicted molar refractivity (Wildman–Crippen MR) is 137 cm³/mol. The van der Waals surface area contributed by atoms with Crippen molar-refractivity contribution in [1.82, 2.24) is 10.2 Å². The van der Waals surface area contributed by atoms with Crippen LogP contribution in [0.5, 0.6) is 0 Å². The number of ketones is 1. The van der Waals surface area contributed by atoms with Crippen LogP contribution in [0.4, 0.5) is 0 Å². The molecule has 2 amide bonds. The summed E-state index contributed by atoms with van der Waals surface area (Å²) in [6, 6.07) is 14.9. The number of hydrogen-bond donors (Lipinski definition) is 2. The van der Waals surface area contributed by atoms with Gasteiger partial charge in [0.1, 0.15) is 6.61 Å². The first-order valence-corrected chi connectivity index (χ1v) is 12.1. The minimum absolute atomic E-state index is 0.301. The monoisotopic (exact) mass is 490 g/mol. The van der Waals surface area contributed by atoms with Gasteiger partial charge in [-0.05, 0) is 68.1 Å². The van der Waals surface area contributed by atoms with Crippen LogP contribution in [-0.4, -0.2) is 67.1 Å². The quantitative estimate of drug-likeness (QED) is 0.416. The van der Waals surface area contributed by atoms with Gasteiger partial charge < -0.3 is 20.1 Å². The van der Waals surface area contributed by atoms with E-state index in [-0.39, 0.29) is 0 Å². The number of benzene rings is 2. The number of nitrogens with one attached hydrogen (secondary N) is 1. The van der Waals surface area contributed by atoms with Crippen molar-refractivity contribution in [3.8, 4) is 11.8 Å². The first-order chi connectivity index (χ1) is 17.1. The van der Waals surface area contributed by atoms with Crippen LogP contribution in [0.2, 0.25) is 0 Å². The topological polar surface area (TPSA) is 95.9 Å². The first kappa shape index (κ1) is 27.1. The number of aliphatic hydroxyl groups excluding tert-OH is 1. The molecule has 0 aliphatic carbocycles. The van der Waals surface area contributed by atoms with Crippen LogP contribution in [0.25, 0.3) is 0 Å². The van der Waals surface area contributed by atoms with Crippen molar-refractivity contribution < 1.29 is 24.2 Å². The van der Waals surface area contributed by atoms with Gasteiger partial charge in [0.25, 0.3) is 11.8 Å². The van der Waals surface area contributed by atoms with E-state index < -0.39 is 29.7 Å². The Labute approximate surface area is 212 Å². The Balaban J connectivity index is 1.62. The molecule has 7 nitrogen and oxygen atoms in total. The molecule has 0 aromatic heterocycles. The van der Waals surface area contributed by atoms with Crippen molar-refractivity contribution in [2.24, 2.45) is 5.41 Å². The molecule has 2 aromatic rings. The number of rotatable bonds is 9. The van der Waals surface area contributed by atoms with Gasteiger partial charge in [0, 0.05) is 36.2 Å². The Morgan fingerprint density at radius 2 is 1.61 bits per heavy atom. The molecule has 0 saturated carbocycles. The Morgan fingerprint density at radius 3 is 2.08 bits per heavy atom. The van der Waals surface area contributed by atoms with Gasteiger partial charge in [0.05, 0.1) is 13.2 Å². The Hall–Kier alpha value is -3.47. The molecule has 1 aliphatic heterocycles. The number of nitrogens with zero attached hydrogens (tertiary/aromatic N) is 1. The van der Waals surface area contributed by atoms with Gasteiger partial charge in [-0.15, -0.1) is 0 Å². The molecule has 7 heteroatoms. The molecule has 1 heterocycles. The number of aliphatic hydroxyl groups is 1. The summed E-state index contributed by atoms with van der Waals surface area (Å²) in [7, 11) is 2.74. The predicted octanol–water partition coefficient (Wildman–Crippen LogP) is 2.58. The standard InChI is InChI=1S/C29H34N2O5/c1-28(19-36-20-28)17-5-6-21-7-9-22(10-8-21)11-12-23-13-15-24(16-14-23)26(34)31(4)29(2,25(33)18-32)27(35)30-3/h7-10,13-16,32H,5-6,17-20H2,1-4H3,(H,30,35)/t29-/m1/s1. The van der Waals surface area contributed by atoms with E-state index in [1.165, 1.54) is 33.0 Å². The number of carbonyl (C=O) groups is 3. The molecule has 190 valence electrons. The average Bonchev–Trinajstić information content (AvgIpc) is 2.89. The SMILES string of the molecule is CNC(=O)[C@@](C)(C(=O)CO)N(C)C(=O)c1ccc(C#Cc2ccc(CCCC3(C)COC3)cc2)cc1. The van der Waals surface area contributed by atoms with E-state index in [9.17, 15) is 19.5 Å². The maximum atomic E-state index is 13.0. The van der Waals surface area contributed by atoms with E-state index in [1.54, 1.807) is 24.3 Å². The second-order valence-corrected chi connectivity index (χ2v) is 9.78. The molecule has 1 saturated heterocycles. The average molecular weight is 491 g/mol. The molecule has 2 aromatic carbocycles. The van der Waals surface area contributed by atoms with Gasteiger partial charge >= 0.3 is 0 Å². The first-order valence-electron chi connectivity index (χ1n) is 12.1. The largest absolute Gasteiger partial charge is 0.388 e. The van der Waals surface area contributed by atoms with E-state index >= 15 is 0 Å². The molecule has 1 fully saturated rings. The fourth-order valence-electron chi connectivity index (χ4n) is 4.17. The van der Waals surface area contributed by atoms with Gasteiger partial charge in [-0.2, -0.15) is 0 Å². The number of aryl methyl sites for hydroxylation is 1. The van der Waals surface area contributed by atoms with Crippen molar-refractivity contribution >= 4 is 17.6 Å². The summed E-state index contributed by atoms with van der Waals surface area (Å²) < 4.78 is 5.32. The molecule has 36 heavy (non-hydrogen) atoms. The number of ether oxygens (including phenoxy) is 1. The number of carbonyl (C=O) groups excluding carboxylic acids is 3. The van der Waals surface area contributed by atoms with Gasteiger partial charge in [0.2, 0.25) is 0 Å². The molecular weight excluding hydrogens is 456 g/mol. The third kappa shape index (κ3) is 6.01. The van der Waals surface area contributed by atoms with Crippen LogP contribution < -0.4 is 5.32 Å². The van der Waals surface area contributed by atoms with E-state index in [2.05, 4.69) is 36.2 Å². The smallest absolute Gasteiger partial charge is 0.254 e. The lowest BCUT2D eigenvalue weighted by molar-refractivity contribution is -0.143. The zero-order chi connectivity index (χ0) is 26.3.